The summed E-state index contributed by atoms with van der Waals surface area (Å²) in [5.41, 5.74) is 1.97. The first-order valence-corrected chi connectivity index (χ1v) is 7.98. The summed E-state index contributed by atoms with van der Waals surface area (Å²) in [7, 11) is 1.62. The SMILES string of the molecule is COc1cccc([C@H](C)CC(=O)Nc2ccc3nc[nH]c(=O)c3c2)c1. The second-order valence-corrected chi connectivity index (χ2v) is 5.89. The molecule has 1 heterocycles. The lowest BCUT2D eigenvalue weighted by atomic mass is 9.97. The minimum Gasteiger partial charge on any atom is -0.497 e. The summed E-state index contributed by atoms with van der Waals surface area (Å²) in [5, 5.41) is 3.29. The number of aromatic nitrogens is 2. The number of rotatable bonds is 5. The Bertz CT molecular complexity index is 965. The van der Waals surface area contributed by atoms with Gasteiger partial charge in [0.15, 0.2) is 0 Å². The van der Waals surface area contributed by atoms with Gasteiger partial charge in [0.1, 0.15) is 5.75 Å². The number of nitrogens with one attached hydrogen (secondary N) is 2. The Morgan fingerprint density at radius 2 is 2.12 bits per heavy atom. The van der Waals surface area contributed by atoms with Crippen molar-refractivity contribution in [3.05, 3.63) is 64.7 Å². The van der Waals surface area contributed by atoms with E-state index >= 15 is 0 Å². The van der Waals surface area contributed by atoms with E-state index in [1.165, 1.54) is 6.33 Å². The number of nitrogens with zero attached hydrogens (tertiary/aromatic N) is 1. The summed E-state index contributed by atoms with van der Waals surface area (Å²) < 4.78 is 5.22. The van der Waals surface area contributed by atoms with E-state index in [1.807, 2.05) is 31.2 Å². The number of fused-ring (bicyclic) bond motifs is 1. The second kappa shape index (κ2) is 7.17. The zero-order chi connectivity index (χ0) is 17.8. The average Bonchev–Trinajstić information content (AvgIpc) is 2.62. The van der Waals surface area contributed by atoms with E-state index in [9.17, 15) is 9.59 Å². The number of hydrogen-bond acceptors (Lipinski definition) is 4. The van der Waals surface area contributed by atoms with Gasteiger partial charge in [-0.05, 0) is 41.8 Å². The molecule has 0 aliphatic carbocycles. The van der Waals surface area contributed by atoms with E-state index in [0.717, 1.165) is 11.3 Å². The highest BCUT2D eigenvalue weighted by Crippen LogP contribution is 2.24. The van der Waals surface area contributed by atoms with Crippen LogP contribution in [-0.4, -0.2) is 23.0 Å². The van der Waals surface area contributed by atoms with Gasteiger partial charge in [0.2, 0.25) is 5.91 Å². The van der Waals surface area contributed by atoms with Gasteiger partial charge in [0.25, 0.3) is 5.56 Å². The van der Waals surface area contributed by atoms with Crippen molar-refractivity contribution in [1.29, 1.82) is 0 Å². The zero-order valence-electron chi connectivity index (χ0n) is 14.1. The van der Waals surface area contributed by atoms with E-state index in [-0.39, 0.29) is 17.4 Å². The number of hydrogen-bond donors (Lipinski definition) is 2. The Labute approximate surface area is 144 Å². The van der Waals surface area contributed by atoms with E-state index in [2.05, 4.69) is 15.3 Å². The van der Waals surface area contributed by atoms with Crippen molar-refractivity contribution in [3.8, 4) is 5.75 Å². The molecule has 6 nitrogen and oxygen atoms in total. The van der Waals surface area contributed by atoms with E-state index in [1.54, 1.807) is 25.3 Å². The molecule has 6 heteroatoms. The molecule has 0 saturated heterocycles. The highest BCUT2D eigenvalue weighted by molar-refractivity contribution is 5.93. The standard InChI is InChI=1S/C19H19N3O3/c1-12(13-4-3-5-15(9-13)25-2)8-18(23)22-14-6-7-17-16(10-14)19(24)21-11-20-17/h3-7,9-12H,8H2,1-2H3,(H,22,23)(H,20,21,24)/t12-/m1/s1. The van der Waals surface area contributed by atoms with Crippen molar-refractivity contribution in [2.45, 2.75) is 19.3 Å². The van der Waals surface area contributed by atoms with Crippen molar-refractivity contribution in [2.24, 2.45) is 0 Å². The predicted octanol–water partition coefficient (Wildman–Crippen LogP) is 3.06. The van der Waals surface area contributed by atoms with Crippen LogP contribution in [0.5, 0.6) is 5.75 Å². The molecule has 0 aliphatic rings. The number of anilines is 1. The van der Waals surface area contributed by atoms with Crippen molar-refractivity contribution in [3.63, 3.8) is 0 Å². The molecule has 0 fully saturated rings. The van der Waals surface area contributed by atoms with E-state index in [4.69, 9.17) is 4.74 Å². The molecule has 0 saturated carbocycles. The van der Waals surface area contributed by atoms with Crippen LogP contribution in [0, 0.1) is 0 Å². The summed E-state index contributed by atoms with van der Waals surface area (Å²) >= 11 is 0. The van der Waals surface area contributed by atoms with Gasteiger partial charge in [-0.25, -0.2) is 4.98 Å². The predicted molar refractivity (Wildman–Crippen MR) is 97.0 cm³/mol. The number of methoxy groups -OCH3 is 1. The van der Waals surface area contributed by atoms with Crippen LogP contribution < -0.4 is 15.6 Å². The van der Waals surface area contributed by atoms with Gasteiger partial charge < -0.3 is 15.0 Å². The first-order chi connectivity index (χ1) is 12.1. The maximum Gasteiger partial charge on any atom is 0.258 e. The number of amides is 1. The van der Waals surface area contributed by atoms with Crippen molar-refractivity contribution < 1.29 is 9.53 Å². The summed E-state index contributed by atoms with van der Waals surface area (Å²) in [4.78, 5) is 30.8. The molecule has 2 N–H and O–H groups in total. The van der Waals surface area contributed by atoms with Crippen LogP contribution in [-0.2, 0) is 4.79 Å². The molecule has 2 aromatic carbocycles. The van der Waals surface area contributed by atoms with Crippen LogP contribution in [0.3, 0.4) is 0 Å². The fourth-order valence-corrected chi connectivity index (χ4v) is 2.70. The highest BCUT2D eigenvalue weighted by atomic mass is 16.5. The van der Waals surface area contributed by atoms with Crippen LogP contribution in [0.2, 0.25) is 0 Å². The lowest BCUT2D eigenvalue weighted by Crippen LogP contribution is -2.15. The Morgan fingerprint density at radius 1 is 1.28 bits per heavy atom. The summed E-state index contributed by atoms with van der Waals surface area (Å²) in [6.07, 6.45) is 1.69. The third-order valence-electron chi connectivity index (χ3n) is 4.08. The molecule has 25 heavy (non-hydrogen) atoms. The van der Waals surface area contributed by atoms with Crippen molar-refractivity contribution in [2.75, 3.05) is 12.4 Å². The molecule has 0 unspecified atom stereocenters. The molecule has 0 spiro atoms. The third kappa shape index (κ3) is 3.85. The number of ether oxygens (including phenoxy) is 1. The fourth-order valence-electron chi connectivity index (χ4n) is 2.70. The number of carbonyl (C=O) groups excluding carboxylic acids is 1. The lowest BCUT2D eigenvalue weighted by Gasteiger charge is -2.13. The molecule has 3 aromatic rings. The average molecular weight is 337 g/mol. The summed E-state index contributed by atoms with van der Waals surface area (Å²) in [5.74, 6) is 0.696. The maximum absolute atomic E-state index is 12.3. The summed E-state index contributed by atoms with van der Waals surface area (Å²) in [6, 6.07) is 12.8. The van der Waals surface area contributed by atoms with Gasteiger partial charge in [-0.1, -0.05) is 19.1 Å². The Hall–Kier alpha value is -3.15. The summed E-state index contributed by atoms with van der Waals surface area (Å²) in [6.45, 7) is 1.99. The highest BCUT2D eigenvalue weighted by Gasteiger charge is 2.13. The minimum atomic E-state index is -0.231. The second-order valence-electron chi connectivity index (χ2n) is 5.89. The van der Waals surface area contributed by atoms with Crippen molar-refractivity contribution >= 4 is 22.5 Å². The normalized spacial score (nSPS) is 11.9. The van der Waals surface area contributed by atoms with Gasteiger partial charge >= 0.3 is 0 Å². The zero-order valence-corrected chi connectivity index (χ0v) is 14.1. The Morgan fingerprint density at radius 3 is 2.92 bits per heavy atom. The third-order valence-corrected chi connectivity index (χ3v) is 4.08. The molecule has 128 valence electrons. The Kier molecular flexibility index (Phi) is 4.79. The first kappa shape index (κ1) is 16.7. The van der Waals surface area contributed by atoms with Gasteiger partial charge in [-0.2, -0.15) is 0 Å². The van der Waals surface area contributed by atoms with E-state index < -0.39 is 0 Å². The molecular weight excluding hydrogens is 318 g/mol. The molecule has 3 rings (SSSR count). The van der Waals surface area contributed by atoms with Gasteiger partial charge in [0.05, 0.1) is 24.3 Å². The fraction of sp³-hybridized carbons (Fsp3) is 0.211. The molecule has 1 amide bonds. The van der Waals surface area contributed by atoms with Crippen LogP contribution >= 0.6 is 0 Å². The van der Waals surface area contributed by atoms with Crippen LogP contribution in [0.1, 0.15) is 24.8 Å². The topological polar surface area (TPSA) is 84.1 Å². The molecule has 1 atom stereocenters. The molecule has 0 aliphatic heterocycles. The molecule has 0 radical (unpaired) electrons. The van der Waals surface area contributed by atoms with Crippen LogP contribution in [0.15, 0.2) is 53.6 Å². The number of aromatic amines is 1. The van der Waals surface area contributed by atoms with E-state index in [0.29, 0.717) is 23.0 Å². The monoisotopic (exact) mass is 337 g/mol. The largest absolute Gasteiger partial charge is 0.497 e. The molecular formula is C19H19N3O3. The number of carbonyl (C=O) groups is 1. The van der Waals surface area contributed by atoms with Crippen LogP contribution in [0.25, 0.3) is 10.9 Å². The van der Waals surface area contributed by atoms with Crippen molar-refractivity contribution in [1.82, 2.24) is 9.97 Å². The van der Waals surface area contributed by atoms with Gasteiger partial charge in [0, 0.05) is 12.1 Å². The minimum absolute atomic E-state index is 0.0422. The molecule has 0 bridgehead atoms. The van der Waals surface area contributed by atoms with Crippen LogP contribution in [0.4, 0.5) is 5.69 Å². The number of benzene rings is 2. The maximum atomic E-state index is 12.3. The smallest absolute Gasteiger partial charge is 0.258 e. The van der Waals surface area contributed by atoms with Gasteiger partial charge in [-0.3, -0.25) is 9.59 Å². The number of H-pyrrole nitrogens is 1. The first-order valence-electron chi connectivity index (χ1n) is 7.98. The Balaban J connectivity index is 1.71. The van der Waals surface area contributed by atoms with Gasteiger partial charge in [-0.15, -0.1) is 0 Å². The lowest BCUT2D eigenvalue weighted by molar-refractivity contribution is -0.116. The quantitative estimate of drug-likeness (QED) is 0.749. The molecule has 1 aromatic heterocycles.